The smallest absolute Gasteiger partial charge is 0.124 e. The molecule has 1 fully saturated rings. The van der Waals surface area contributed by atoms with Gasteiger partial charge in [0.1, 0.15) is 5.75 Å². The molecular weight excluding hydrogens is 238 g/mol. The van der Waals surface area contributed by atoms with Crippen LogP contribution in [0.4, 0.5) is 0 Å². The second-order valence-corrected chi connectivity index (χ2v) is 5.81. The molecule has 2 rings (SSSR count). The highest BCUT2D eigenvalue weighted by Gasteiger charge is 2.45. The van der Waals surface area contributed by atoms with Crippen molar-refractivity contribution in [3.8, 4) is 5.75 Å². The van der Waals surface area contributed by atoms with E-state index in [9.17, 15) is 0 Å². The van der Waals surface area contributed by atoms with Crippen LogP contribution in [0.2, 0.25) is 0 Å². The van der Waals surface area contributed by atoms with Gasteiger partial charge in [0.25, 0.3) is 0 Å². The van der Waals surface area contributed by atoms with Crippen molar-refractivity contribution >= 4 is 0 Å². The fraction of sp³-hybridized carbons (Fsp3) is 0.625. The molecule has 1 aromatic rings. The highest BCUT2D eigenvalue weighted by Crippen LogP contribution is 2.43. The molecule has 1 saturated heterocycles. The van der Waals surface area contributed by atoms with Crippen molar-refractivity contribution < 1.29 is 9.47 Å². The average Bonchev–Trinajstić information content (AvgIpc) is 2.34. The molecule has 1 aliphatic heterocycles. The molecule has 1 heterocycles. The van der Waals surface area contributed by atoms with Crippen molar-refractivity contribution in [1.82, 2.24) is 0 Å². The van der Waals surface area contributed by atoms with Gasteiger partial charge >= 0.3 is 0 Å². The lowest BCUT2D eigenvalue weighted by atomic mass is 9.67. The Kier molecular flexibility index (Phi) is 3.88. The SMILES string of the molecule is COc1c(C)cc(C2(C(C)CN)COC2)c(C)c1C. The first kappa shape index (κ1) is 14.4. The summed E-state index contributed by atoms with van der Waals surface area (Å²) in [4.78, 5) is 0. The summed E-state index contributed by atoms with van der Waals surface area (Å²) in [6, 6.07) is 2.26. The maximum atomic E-state index is 5.91. The average molecular weight is 263 g/mol. The molecular formula is C16H25NO2. The van der Waals surface area contributed by atoms with Crippen LogP contribution in [0.3, 0.4) is 0 Å². The Bertz CT molecular complexity index is 478. The monoisotopic (exact) mass is 263 g/mol. The number of benzene rings is 1. The summed E-state index contributed by atoms with van der Waals surface area (Å²) in [7, 11) is 1.74. The van der Waals surface area contributed by atoms with Crippen molar-refractivity contribution in [1.29, 1.82) is 0 Å². The third kappa shape index (κ3) is 2.05. The maximum Gasteiger partial charge on any atom is 0.124 e. The van der Waals surface area contributed by atoms with Gasteiger partial charge in [-0.15, -0.1) is 0 Å². The fourth-order valence-corrected chi connectivity index (χ4v) is 3.14. The summed E-state index contributed by atoms with van der Waals surface area (Å²) >= 11 is 0. The van der Waals surface area contributed by atoms with Gasteiger partial charge < -0.3 is 15.2 Å². The number of aryl methyl sites for hydroxylation is 1. The normalized spacial score (nSPS) is 18.8. The van der Waals surface area contributed by atoms with Gasteiger partial charge in [-0.1, -0.05) is 13.0 Å². The van der Waals surface area contributed by atoms with E-state index in [1.807, 2.05) is 0 Å². The molecule has 0 aliphatic carbocycles. The zero-order chi connectivity index (χ0) is 14.2. The third-order valence-corrected chi connectivity index (χ3v) is 4.78. The van der Waals surface area contributed by atoms with Gasteiger partial charge in [-0.2, -0.15) is 0 Å². The molecule has 0 radical (unpaired) electrons. The number of methoxy groups -OCH3 is 1. The molecule has 106 valence electrons. The van der Waals surface area contributed by atoms with E-state index in [0.717, 1.165) is 19.0 Å². The largest absolute Gasteiger partial charge is 0.496 e. The standard InChI is InChI=1S/C16H25NO2/c1-10-6-14(12(3)13(4)15(10)18-5)16(8-19-9-16)11(2)7-17/h6,11H,7-9,17H2,1-5H3. The lowest BCUT2D eigenvalue weighted by Gasteiger charge is -2.47. The van der Waals surface area contributed by atoms with Crippen LogP contribution in [0.1, 0.15) is 29.2 Å². The molecule has 0 amide bonds. The predicted molar refractivity (Wildman–Crippen MR) is 77.9 cm³/mol. The predicted octanol–water partition coefficient (Wildman–Crippen LogP) is 2.48. The molecule has 0 spiro atoms. The van der Waals surface area contributed by atoms with E-state index >= 15 is 0 Å². The Morgan fingerprint density at radius 3 is 2.37 bits per heavy atom. The van der Waals surface area contributed by atoms with E-state index in [1.165, 1.54) is 22.3 Å². The summed E-state index contributed by atoms with van der Waals surface area (Å²) in [5.74, 6) is 1.42. The number of rotatable bonds is 4. The van der Waals surface area contributed by atoms with Crippen LogP contribution in [-0.2, 0) is 10.2 Å². The van der Waals surface area contributed by atoms with Crippen molar-refractivity contribution in [2.24, 2.45) is 11.7 Å². The molecule has 0 aromatic heterocycles. The van der Waals surface area contributed by atoms with Crippen LogP contribution in [0.25, 0.3) is 0 Å². The first-order valence-electron chi connectivity index (χ1n) is 6.91. The summed E-state index contributed by atoms with van der Waals surface area (Å²) < 4.78 is 11.0. The minimum Gasteiger partial charge on any atom is -0.496 e. The Morgan fingerprint density at radius 2 is 1.95 bits per heavy atom. The van der Waals surface area contributed by atoms with Crippen LogP contribution in [0.15, 0.2) is 6.07 Å². The van der Waals surface area contributed by atoms with Gasteiger partial charge in [0.2, 0.25) is 0 Å². The van der Waals surface area contributed by atoms with Crippen LogP contribution in [-0.4, -0.2) is 26.9 Å². The molecule has 0 bridgehead atoms. The van der Waals surface area contributed by atoms with Gasteiger partial charge in [0.15, 0.2) is 0 Å². The van der Waals surface area contributed by atoms with E-state index < -0.39 is 0 Å². The summed E-state index contributed by atoms with van der Waals surface area (Å²) in [5, 5.41) is 0. The minimum atomic E-state index is 0.0840. The van der Waals surface area contributed by atoms with Gasteiger partial charge in [0.05, 0.1) is 20.3 Å². The lowest BCUT2D eigenvalue weighted by Crippen LogP contribution is -2.54. The van der Waals surface area contributed by atoms with Crippen LogP contribution in [0, 0.1) is 26.7 Å². The van der Waals surface area contributed by atoms with Gasteiger partial charge in [0, 0.05) is 5.41 Å². The highest BCUT2D eigenvalue weighted by molar-refractivity contribution is 5.52. The van der Waals surface area contributed by atoms with Crippen LogP contribution < -0.4 is 10.5 Å². The molecule has 0 saturated carbocycles. The third-order valence-electron chi connectivity index (χ3n) is 4.78. The van der Waals surface area contributed by atoms with E-state index in [1.54, 1.807) is 7.11 Å². The van der Waals surface area contributed by atoms with Crippen molar-refractivity contribution in [3.05, 3.63) is 28.3 Å². The molecule has 1 atom stereocenters. The first-order valence-corrected chi connectivity index (χ1v) is 6.91. The molecule has 1 aliphatic rings. The summed E-state index contributed by atoms with van der Waals surface area (Å²) in [6.45, 7) is 10.9. The zero-order valence-corrected chi connectivity index (χ0v) is 12.7. The van der Waals surface area contributed by atoms with Crippen LogP contribution >= 0.6 is 0 Å². The maximum absolute atomic E-state index is 5.91. The van der Waals surface area contributed by atoms with Crippen molar-refractivity contribution in [2.75, 3.05) is 26.9 Å². The molecule has 19 heavy (non-hydrogen) atoms. The van der Waals surface area contributed by atoms with E-state index in [-0.39, 0.29) is 5.41 Å². The summed E-state index contributed by atoms with van der Waals surface area (Å²) in [6.07, 6.45) is 0. The molecule has 3 heteroatoms. The summed E-state index contributed by atoms with van der Waals surface area (Å²) in [5.41, 5.74) is 11.1. The van der Waals surface area contributed by atoms with Gasteiger partial charge in [-0.05, 0) is 55.5 Å². The van der Waals surface area contributed by atoms with E-state index in [4.69, 9.17) is 15.2 Å². The Hall–Kier alpha value is -1.06. The second-order valence-electron chi connectivity index (χ2n) is 5.81. The van der Waals surface area contributed by atoms with Gasteiger partial charge in [-0.25, -0.2) is 0 Å². The van der Waals surface area contributed by atoms with Crippen LogP contribution in [0.5, 0.6) is 5.75 Å². The van der Waals surface area contributed by atoms with Gasteiger partial charge in [-0.3, -0.25) is 0 Å². The van der Waals surface area contributed by atoms with Crippen molar-refractivity contribution in [2.45, 2.75) is 33.1 Å². The van der Waals surface area contributed by atoms with Crippen molar-refractivity contribution in [3.63, 3.8) is 0 Å². The number of hydrogen-bond acceptors (Lipinski definition) is 3. The lowest BCUT2D eigenvalue weighted by molar-refractivity contribution is -0.0857. The zero-order valence-electron chi connectivity index (χ0n) is 12.7. The molecule has 1 aromatic carbocycles. The number of hydrogen-bond donors (Lipinski definition) is 1. The molecule has 3 nitrogen and oxygen atoms in total. The van der Waals surface area contributed by atoms with E-state index in [0.29, 0.717) is 12.5 Å². The number of ether oxygens (including phenoxy) is 2. The number of nitrogens with two attached hydrogens (primary N) is 1. The quantitative estimate of drug-likeness (QED) is 0.907. The Morgan fingerprint density at radius 1 is 1.32 bits per heavy atom. The Balaban J connectivity index is 2.56. The second kappa shape index (κ2) is 5.14. The molecule has 1 unspecified atom stereocenters. The minimum absolute atomic E-state index is 0.0840. The van der Waals surface area contributed by atoms with E-state index in [2.05, 4.69) is 33.8 Å². The Labute approximate surface area is 116 Å². The fourth-order valence-electron chi connectivity index (χ4n) is 3.14. The first-order chi connectivity index (χ1) is 8.97. The molecule has 2 N–H and O–H groups in total. The topological polar surface area (TPSA) is 44.5 Å². The highest BCUT2D eigenvalue weighted by atomic mass is 16.5.